The highest BCUT2D eigenvalue weighted by molar-refractivity contribution is 9.13. The zero-order valence-corrected chi connectivity index (χ0v) is 13.8. The molecule has 1 aliphatic rings. The number of hydrogen-bond acceptors (Lipinski definition) is 3. The van der Waals surface area contributed by atoms with Gasteiger partial charge < -0.3 is 10.2 Å². The molecule has 1 saturated heterocycles. The molecule has 0 aromatic carbocycles. The third-order valence-electron chi connectivity index (χ3n) is 3.67. The van der Waals surface area contributed by atoms with Crippen molar-refractivity contribution in [2.45, 2.75) is 32.2 Å². The lowest BCUT2D eigenvalue weighted by Gasteiger charge is -2.24. The van der Waals surface area contributed by atoms with Gasteiger partial charge in [-0.15, -0.1) is 0 Å². The van der Waals surface area contributed by atoms with E-state index in [1.165, 1.54) is 19.3 Å². The summed E-state index contributed by atoms with van der Waals surface area (Å²) >= 11 is 6.84. The van der Waals surface area contributed by atoms with Crippen LogP contribution in [0.2, 0.25) is 0 Å². The second kappa shape index (κ2) is 6.55. The van der Waals surface area contributed by atoms with Gasteiger partial charge in [-0.05, 0) is 63.2 Å². The first-order chi connectivity index (χ1) is 8.65. The van der Waals surface area contributed by atoms with Crippen molar-refractivity contribution in [2.24, 2.45) is 11.7 Å². The number of furan rings is 1. The average Bonchev–Trinajstić information content (AvgIpc) is 2.90. The zero-order chi connectivity index (χ0) is 13.1. The van der Waals surface area contributed by atoms with Gasteiger partial charge in [0.25, 0.3) is 0 Å². The van der Waals surface area contributed by atoms with Gasteiger partial charge in [0, 0.05) is 13.1 Å². The highest BCUT2D eigenvalue weighted by Gasteiger charge is 2.30. The summed E-state index contributed by atoms with van der Waals surface area (Å²) in [5.74, 6) is 1.78. The van der Waals surface area contributed by atoms with Gasteiger partial charge >= 0.3 is 0 Å². The molecule has 2 unspecified atom stereocenters. The molecule has 0 saturated carbocycles. The third-order valence-corrected chi connectivity index (χ3v) is 5.38. The minimum atomic E-state index is 0.203. The summed E-state index contributed by atoms with van der Waals surface area (Å²) in [7, 11) is 0. The fraction of sp³-hybridized carbons (Fsp3) is 0.692. The van der Waals surface area contributed by atoms with E-state index in [0.717, 1.165) is 33.9 Å². The summed E-state index contributed by atoms with van der Waals surface area (Å²) in [4.78, 5) is 2.46. The van der Waals surface area contributed by atoms with E-state index in [0.29, 0.717) is 6.54 Å². The minimum absolute atomic E-state index is 0.203. The van der Waals surface area contributed by atoms with Crippen molar-refractivity contribution in [3.8, 4) is 0 Å². The standard InChI is InChI=1S/C13H20Br2N2O/c1-2-3-9-4-5-17(8-9)11(7-16)12-6-10(14)13(15)18-12/h6,9,11H,2-5,7-8,16H2,1H3. The summed E-state index contributed by atoms with van der Waals surface area (Å²) in [6.07, 6.45) is 3.87. The first-order valence-corrected chi connectivity index (χ1v) is 8.13. The van der Waals surface area contributed by atoms with E-state index in [-0.39, 0.29) is 6.04 Å². The lowest BCUT2D eigenvalue weighted by Crippen LogP contribution is -2.31. The van der Waals surface area contributed by atoms with E-state index in [9.17, 15) is 0 Å². The zero-order valence-electron chi connectivity index (χ0n) is 10.7. The molecule has 0 spiro atoms. The molecule has 2 N–H and O–H groups in total. The second-order valence-electron chi connectivity index (χ2n) is 4.96. The number of hydrogen-bond donors (Lipinski definition) is 1. The number of likely N-dealkylation sites (tertiary alicyclic amines) is 1. The van der Waals surface area contributed by atoms with Crippen LogP contribution in [0.3, 0.4) is 0 Å². The van der Waals surface area contributed by atoms with Crippen molar-refractivity contribution in [2.75, 3.05) is 19.6 Å². The number of rotatable bonds is 5. The summed E-state index contributed by atoms with van der Waals surface area (Å²) in [6, 6.07) is 2.23. The van der Waals surface area contributed by atoms with Gasteiger partial charge in [0.15, 0.2) is 4.67 Å². The van der Waals surface area contributed by atoms with E-state index < -0.39 is 0 Å². The molecular weight excluding hydrogens is 360 g/mol. The van der Waals surface area contributed by atoms with E-state index in [1.807, 2.05) is 6.07 Å². The van der Waals surface area contributed by atoms with Crippen LogP contribution >= 0.6 is 31.9 Å². The van der Waals surface area contributed by atoms with Crippen LogP contribution in [-0.2, 0) is 0 Å². The molecule has 2 atom stereocenters. The average molecular weight is 380 g/mol. The van der Waals surface area contributed by atoms with Crippen LogP contribution in [0.25, 0.3) is 0 Å². The van der Waals surface area contributed by atoms with Crippen LogP contribution in [0.1, 0.15) is 38.0 Å². The van der Waals surface area contributed by atoms with Crippen LogP contribution in [0.4, 0.5) is 0 Å². The van der Waals surface area contributed by atoms with Gasteiger partial charge in [0.05, 0.1) is 10.5 Å². The van der Waals surface area contributed by atoms with E-state index in [1.54, 1.807) is 0 Å². The molecule has 0 radical (unpaired) electrons. The van der Waals surface area contributed by atoms with Crippen LogP contribution in [0, 0.1) is 5.92 Å². The topological polar surface area (TPSA) is 42.4 Å². The molecule has 1 aliphatic heterocycles. The third kappa shape index (κ3) is 3.18. The normalized spacial score (nSPS) is 22.6. The maximum Gasteiger partial charge on any atom is 0.183 e. The van der Waals surface area contributed by atoms with Crippen molar-refractivity contribution in [1.82, 2.24) is 4.90 Å². The molecule has 1 aromatic rings. The highest BCUT2D eigenvalue weighted by atomic mass is 79.9. The Hall–Kier alpha value is 0.160. The Balaban J connectivity index is 2.05. The molecule has 0 amide bonds. The van der Waals surface area contributed by atoms with Gasteiger partial charge in [0.1, 0.15) is 5.76 Å². The van der Waals surface area contributed by atoms with Crippen molar-refractivity contribution in [1.29, 1.82) is 0 Å². The van der Waals surface area contributed by atoms with Gasteiger partial charge in [-0.3, -0.25) is 4.90 Å². The fourth-order valence-electron chi connectivity index (χ4n) is 2.76. The largest absolute Gasteiger partial charge is 0.451 e. The molecular formula is C13H20Br2N2O. The molecule has 2 rings (SSSR count). The molecule has 3 nitrogen and oxygen atoms in total. The van der Waals surface area contributed by atoms with Gasteiger partial charge in [-0.1, -0.05) is 13.3 Å². The van der Waals surface area contributed by atoms with E-state index >= 15 is 0 Å². The maximum atomic E-state index is 5.93. The van der Waals surface area contributed by atoms with Crippen molar-refractivity contribution in [3.05, 3.63) is 21.0 Å². The minimum Gasteiger partial charge on any atom is -0.451 e. The maximum absolute atomic E-state index is 5.93. The van der Waals surface area contributed by atoms with Crippen molar-refractivity contribution < 1.29 is 4.42 Å². The molecule has 2 heterocycles. The summed E-state index contributed by atoms with van der Waals surface area (Å²) < 4.78 is 7.43. The first kappa shape index (κ1) is 14.6. The number of nitrogens with two attached hydrogens (primary N) is 1. The molecule has 5 heteroatoms. The summed E-state index contributed by atoms with van der Waals surface area (Å²) in [5.41, 5.74) is 5.93. The first-order valence-electron chi connectivity index (χ1n) is 6.54. The Bertz CT molecular complexity index is 375. The smallest absolute Gasteiger partial charge is 0.183 e. The van der Waals surface area contributed by atoms with Crippen LogP contribution in [0.5, 0.6) is 0 Å². The summed E-state index contributed by atoms with van der Waals surface area (Å²) in [6.45, 7) is 5.13. The van der Waals surface area contributed by atoms with E-state index in [4.69, 9.17) is 10.2 Å². The number of halogens is 2. The second-order valence-corrected chi connectivity index (χ2v) is 6.53. The molecule has 1 aromatic heterocycles. The quantitative estimate of drug-likeness (QED) is 0.842. The Morgan fingerprint density at radius 1 is 1.56 bits per heavy atom. The van der Waals surface area contributed by atoms with Crippen molar-refractivity contribution in [3.63, 3.8) is 0 Å². The Morgan fingerprint density at radius 2 is 2.33 bits per heavy atom. The van der Waals surface area contributed by atoms with Crippen molar-refractivity contribution >= 4 is 31.9 Å². The molecule has 0 aliphatic carbocycles. The fourth-order valence-corrected chi connectivity index (χ4v) is 3.37. The van der Waals surface area contributed by atoms with Crippen LogP contribution in [-0.4, -0.2) is 24.5 Å². The molecule has 18 heavy (non-hydrogen) atoms. The Morgan fingerprint density at radius 3 is 2.89 bits per heavy atom. The molecule has 0 bridgehead atoms. The lowest BCUT2D eigenvalue weighted by molar-refractivity contribution is 0.210. The molecule has 1 fully saturated rings. The Labute approximate surface area is 125 Å². The van der Waals surface area contributed by atoms with Crippen LogP contribution in [0.15, 0.2) is 19.6 Å². The van der Waals surface area contributed by atoms with Gasteiger partial charge in [0.2, 0.25) is 0 Å². The summed E-state index contributed by atoms with van der Waals surface area (Å²) in [5, 5.41) is 0. The monoisotopic (exact) mass is 378 g/mol. The number of nitrogens with zero attached hydrogens (tertiary/aromatic N) is 1. The molecule has 102 valence electrons. The van der Waals surface area contributed by atoms with Crippen LogP contribution < -0.4 is 5.73 Å². The predicted molar refractivity (Wildman–Crippen MR) is 80.5 cm³/mol. The van der Waals surface area contributed by atoms with E-state index in [2.05, 4.69) is 43.7 Å². The van der Waals surface area contributed by atoms with Gasteiger partial charge in [-0.25, -0.2) is 0 Å². The highest BCUT2D eigenvalue weighted by Crippen LogP contribution is 2.34. The Kier molecular flexibility index (Phi) is 5.30. The predicted octanol–water partition coefficient (Wildman–Crippen LogP) is 3.93. The lowest BCUT2D eigenvalue weighted by atomic mass is 10.0. The van der Waals surface area contributed by atoms with Gasteiger partial charge in [-0.2, -0.15) is 0 Å². The SMILES string of the molecule is CCCC1CCN(C(CN)c2cc(Br)c(Br)o2)C1.